The fraction of sp³-hybridized carbons (Fsp3) is 0.882. The molecule has 168 valence electrons. The molecule has 0 aromatic heterocycles. The van der Waals surface area contributed by atoms with E-state index in [1.54, 1.807) is 41.5 Å². The van der Waals surface area contributed by atoms with Crippen molar-refractivity contribution in [3.8, 4) is 0 Å². The summed E-state index contributed by atoms with van der Waals surface area (Å²) in [6, 6.07) is -0.373. The molecule has 2 amide bonds. The van der Waals surface area contributed by atoms with E-state index in [1.165, 1.54) is 0 Å². The van der Waals surface area contributed by atoms with Crippen molar-refractivity contribution >= 4 is 12.2 Å². The quantitative estimate of drug-likeness (QED) is 0.488. The molecule has 0 bridgehead atoms. The number of nitrogens with two attached hydrogens (primary N) is 1. The third kappa shape index (κ3) is 10.7. The van der Waals surface area contributed by atoms with Gasteiger partial charge in [-0.25, -0.2) is 9.59 Å². The van der Waals surface area contributed by atoms with E-state index in [9.17, 15) is 9.59 Å². The zero-order valence-corrected chi connectivity index (χ0v) is 17.3. The van der Waals surface area contributed by atoms with E-state index in [0.29, 0.717) is 13.2 Å². The van der Waals surface area contributed by atoms with Gasteiger partial charge in [0, 0.05) is 0 Å². The maximum absolute atomic E-state index is 11.5. The second-order valence-electron chi connectivity index (χ2n) is 8.30. The van der Waals surface area contributed by atoms with E-state index < -0.39 is 23.4 Å². The van der Waals surface area contributed by atoms with E-state index in [4.69, 9.17) is 30.4 Å². The highest BCUT2D eigenvalue weighted by Gasteiger charge is 2.33. The summed E-state index contributed by atoms with van der Waals surface area (Å²) in [6.07, 6.45) is -1.01. The number of carbonyl (C=O) groups excluding carboxylic acids is 2. The molecule has 0 aromatic rings. The predicted molar refractivity (Wildman–Crippen MR) is 104 cm³/mol. The smallest absolute Gasteiger partial charge is 0.434 e. The molecule has 0 unspecified atom stereocenters. The molecule has 0 spiro atoms. The molecule has 0 saturated carbocycles. The Morgan fingerprint density at radius 2 is 1.45 bits per heavy atom. The zero-order valence-electron chi connectivity index (χ0n) is 17.3. The lowest BCUT2D eigenvalue weighted by molar-refractivity contribution is -0.107. The maximum atomic E-state index is 11.5. The normalized spacial score (nSPS) is 21.3. The second-order valence-corrected chi connectivity index (χ2v) is 8.30. The van der Waals surface area contributed by atoms with E-state index in [2.05, 4.69) is 10.0 Å². The van der Waals surface area contributed by atoms with Gasteiger partial charge in [-0.05, 0) is 41.5 Å². The van der Waals surface area contributed by atoms with Crippen LogP contribution < -0.4 is 10.6 Å². The number of carbonyl (C=O) groups is 2. The topological polar surface area (TPSA) is 154 Å². The standard InChI is InChI=1S/C8H15N4O3.C8H16N2O3.CH4/c1-8(2,3)15-7(13)12-4-6(5-14-12)10-11-9;1-8(2,3)13-7(11)10-4-6(9)5-12-10;/h6,9H,4-5H2,1-3H3;6H,4-5,9H2,1-3H3;1H4/q+1;;/t2*6-;/m11./s1. The monoisotopic (exact) mass is 419 g/mol. The van der Waals surface area contributed by atoms with Crippen LogP contribution >= 0.6 is 0 Å². The van der Waals surface area contributed by atoms with Crippen LogP contribution in [0.5, 0.6) is 0 Å². The van der Waals surface area contributed by atoms with Gasteiger partial charge in [-0.2, -0.15) is 10.1 Å². The number of rotatable bonds is 1. The number of nitrogens with zero attached hydrogens (tertiary/aromatic N) is 4. The van der Waals surface area contributed by atoms with Gasteiger partial charge in [-0.3, -0.25) is 9.68 Å². The van der Waals surface area contributed by atoms with Crippen LogP contribution in [0.1, 0.15) is 49.0 Å². The van der Waals surface area contributed by atoms with Crippen molar-refractivity contribution in [3.05, 3.63) is 0 Å². The lowest BCUT2D eigenvalue weighted by atomic mass is 10.2. The lowest BCUT2D eigenvalue weighted by Crippen LogP contribution is -2.36. The summed E-state index contributed by atoms with van der Waals surface area (Å²) < 4.78 is 10.2. The van der Waals surface area contributed by atoms with E-state index >= 15 is 0 Å². The Balaban J connectivity index is 0.000000527. The average molecular weight is 420 g/mol. The van der Waals surface area contributed by atoms with Gasteiger partial charge in [0.05, 0.1) is 25.7 Å². The molecular weight excluding hydrogens is 384 g/mol. The highest BCUT2D eigenvalue weighted by Crippen LogP contribution is 2.15. The molecule has 2 rings (SSSR count). The van der Waals surface area contributed by atoms with Gasteiger partial charge in [0.1, 0.15) is 28.5 Å². The maximum Gasteiger partial charge on any atom is 0.434 e. The fourth-order valence-electron chi connectivity index (χ4n) is 2.01. The number of hydrogen-bond donors (Lipinski definition) is 2. The van der Waals surface area contributed by atoms with Crippen LogP contribution in [0.25, 0.3) is 0 Å². The van der Waals surface area contributed by atoms with E-state index in [1.807, 2.05) is 0 Å². The van der Waals surface area contributed by atoms with Crippen LogP contribution in [0.15, 0.2) is 5.11 Å². The van der Waals surface area contributed by atoms with E-state index in [-0.39, 0.29) is 32.7 Å². The minimum atomic E-state index is -0.546. The molecule has 3 N–H and O–H groups in total. The third-order valence-corrected chi connectivity index (χ3v) is 3.06. The van der Waals surface area contributed by atoms with Crippen molar-refractivity contribution in [1.29, 1.82) is 5.53 Å². The van der Waals surface area contributed by atoms with E-state index in [0.717, 1.165) is 10.1 Å². The SMILES string of the molecule is C.CC(C)(C)OC(=O)N1C[C@@H](N)CO1.CC(C)(C)OC(=O)N1C[C@@H](N=[N+]=N)CO1. The fourth-order valence-corrected chi connectivity index (χ4v) is 2.01. The summed E-state index contributed by atoms with van der Waals surface area (Å²) in [7, 11) is 0. The third-order valence-electron chi connectivity index (χ3n) is 3.06. The number of hydroxylamine groups is 4. The Bertz CT molecular complexity index is 596. The Kier molecular flexibility index (Phi) is 10.2. The molecule has 0 radical (unpaired) electrons. The Morgan fingerprint density at radius 3 is 1.83 bits per heavy atom. The first kappa shape index (κ1) is 26.7. The van der Waals surface area contributed by atoms with Crippen molar-refractivity contribution in [1.82, 2.24) is 15.0 Å². The van der Waals surface area contributed by atoms with Crippen molar-refractivity contribution in [2.75, 3.05) is 26.3 Å². The first-order valence-corrected chi connectivity index (χ1v) is 8.90. The van der Waals surface area contributed by atoms with Crippen molar-refractivity contribution in [2.24, 2.45) is 10.8 Å². The van der Waals surface area contributed by atoms with Crippen molar-refractivity contribution in [3.63, 3.8) is 0 Å². The molecule has 29 heavy (non-hydrogen) atoms. The molecule has 12 heteroatoms. The molecule has 2 aliphatic rings. The summed E-state index contributed by atoms with van der Waals surface area (Å²) in [4.78, 5) is 35.8. The zero-order chi connectivity index (χ0) is 21.5. The lowest BCUT2D eigenvalue weighted by Gasteiger charge is -2.23. The van der Waals surface area contributed by atoms with Gasteiger partial charge in [-0.1, -0.05) is 7.43 Å². The van der Waals surface area contributed by atoms with Gasteiger partial charge in [0.2, 0.25) is 4.91 Å². The first-order chi connectivity index (χ1) is 12.8. The summed E-state index contributed by atoms with van der Waals surface area (Å²) >= 11 is 0. The highest BCUT2D eigenvalue weighted by atomic mass is 16.7. The first-order valence-electron chi connectivity index (χ1n) is 8.90. The van der Waals surface area contributed by atoms with Gasteiger partial charge >= 0.3 is 12.2 Å². The number of amides is 2. The predicted octanol–water partition coefficient (Wildman–Crippen LogP) is 2.22. The van der Waals surface area contributed by atoms with Crippen LogP contribution in [0.4, 0.5) is 9.59 Å². The van der Waals surface area contributed by atoms with Crippen LogP contribution in [-0.2, 0) is 19.1 Å². The second kappa shape index (κ2) is 11.1. The minimum absolute atomic E-state index is 0. The number of ether oxygens (including phenoxy) is 2. The molecule has 0 aromatic carbocycles. The Hall–Kier alpha value is -2.27. The number of nitrogens with one attached hydrogen (secondary N) is 1. The molecule has 2 aliphatic heterocycles. The van der Waals surface area contributed by atoms with Crippen LogP contribution in [0.2, 0.25) is 0 Å². The minimum Gasteiger partial charge on any atom is -0.442 e. The summed E-state index contributed by atoms with van der Waals surface area (Å²) in [5, 5.41) is 5.83. The van der Waals surface area contributed by atoms with Crippen molar-refractivity contribution < 1.29 is 28.7 Å². The van der Waals surface area contributed by atoms with Gasteiger partial charge in [-0.15, -0.1) is 0 Å². The van der Waals surface area contributed by atoms with Crippen LogP contribution in [0.3, 0.4) is 0 Å². The average Bonchev–Trinajstić information content (AvgIpc) is 3.14. The van der Waals surface area contributed by atoms with Crippen LogP contribution in [-0.4, -0.2) is 71.9 Å². The Morgan fingerprint density at radius 1 is 1.00 bits per heavy atom. The van der Waals surface area contributed by atoms with Crippen LogP contribution in [0, 0.1) is 5.53 Å². The largest absolute Gasteiger partial charge is 0.442 e. The van der Waals surface area contributed by atoms with Gasteiger partial charge in [0.15, 0.2) is 6.04 Å². The molecule has 2 saturated heterocycles. The molecule has 2 heterocycles. The summed E-state index contributed by atoms with van der Waals surface area (Å²) in [5.74, 6) is 0. The highest BCUT2D eigenvalue weighted by molar-refractivity contribution is 5.67. The summed E-state index contributed by atoms with van der Waals surface area (Å²) in [6.45, 7) is 12.1. The van der Waals surface area contributed by atoms with Gasteiger partial charge < -0.3 is 15.2 Å². The molecular formula is C17H35N6O6+. The molecule has 2 fully saturated rings. The summed E-state index contributed by atoms with van der Waals surface area (Å²) in [5.41, 5.74) is 11.1. The van der Waals surface area contributed by atoms with Gasteiger partial charge in [0.25, 0.3) is 0 Å². The molecule has 2 atom stereocenters. The molecule has 12 nitrogen and oxygen atoms in total. The van der Waals surface area contributed by atoms with Crippen molar-refractivity contribution in [2.45, 2.75) is 72.3 Å². The Labute approximate surface area is 171 Å². The number of hydrogen-bond acceptors (Lipinski definition) is 9. The molecule has 0 aliphatic carbocycles.